The Bertz CT molecular complexity index is 462. The van der Waals surface area contributed by atoms with Crippen molar-refractivity contribution in [1.29, 1.82) is 0 Å². The van der Waals surface area contributed by atoms with Crippen LogP contribution in [-0.4, -0.2) is 54.6 Å². The summed E-state index contributed by atoms with van der Waals surface area (Å²) in [6.07, 6.45) is 3.92. The standard InChI is InChI=1S/C12H22N2O5S/c1-3-6-9(12(16)17)13-11(15)10-7-4-5-8-14(10)20(2,18)19/h9-10H,3-8H2,1-2H3,(H,13,15)(H,16,17)/t9-,10+/m1/s1. The van der Waals surface area contributed by atoms with E-state index in [-0.39, 0.29) is 0 Å². The van der Waals surface area contributed by atoms with E-state index in [0.717, 1.165) is 17.0 Å². The van der Waals surface area contributed by atoms with Gasteiger partial charge in [-0.15, -0.1) is 0 Å². The largest absolute Gasteiger partial charge is 0.480 e. The second-order valence-corrected chi connectivity index (χ2v) is 7.01. The molecule has 0 aliphatic carbocycles. The molecule has 8 heteroatoms. The van der Waals surface area contributed by atoms with Crippen LogP contribution in [0.1, 0.15) is 39.0 Å². The van der Waals surface area contributed by atoms with E-state index >= 15 is 0 Å². The molecule has 1 amide bonds. The van der Waals surface area contributed by atoms with Crippen LogP contribution in [0.5, 0.6) is 0 Å². The highest BCUT2D eigenvalue weighted by Crippen LogP contribution is 2.20. The minimum atomic E-state index is -3.46. The molecule has 116 valence electrons. The average Bonchev–Trinajstić information content (AvgIpc) is 2.37. The van der Waals surface area contributed by atoms with E-state index in [9.17, 15) is 18.0 Å². The number of nitrogens with one attached hydrogen (secondary N) is 1. The molecule has 1 heterocycles. The van der Waals surface area contributed by atoms with E-state index in [1.807, 2.05) is 6.92 Å². The molecular weight excluding hydrogens is 284 g/mol. The molecule has 2 atom stereocenters. The van der Waals surface area contributed by atoms with Crippen LogP contribution in [0.3, 0.4) is 0 Å². The maximum atomic E-state index is 12.2. The van der Waals surface area contributed by atoms with Crippen LogP contribution in [0.4, 0.5) is 0 Å². The van der Waals surface area contributed by atoms with Crippen molar-refractivity contribution in [2.75, 3.05) is 12.8 Å². The molecule has 1 saturated heterocycles. The summed E-state index contributed by atoms with van der Waals surface area (Å²) < 4.78 is 24.5. The summed E-state index contributed by atoms with van der Waals surface area (Å²) in [5.41, 5.74) is 0. The Morgan fingerprint density at radius 1 is 1.40 bits per heavy atom. The highest BCUT2D eigenvalue weighted by atomic mass is 32.2. The fraction of sp³-hybridized carbons (Fsp3) is 0.833. The number of aliphatic carboxylic acids is 1. The number of piperidine rings is 1. The van der Waals surface area contributed by atoms with E-state index in [0.29, 0.717) is 32.2 Å². The van der Waals surface area contributed by atoms with Gasteiger partial charge in [0.1, 0.15) is 12.1 Å². The maximum absolute atomic E-state index is 12.2. The van der Waals surface area contributed by atoms with Crippen LogP contribution in [-0.2, 0) is 19.6 Å². The smallest absolute Gasteiger partial charge is 0.326 e. The molecule has 0 aromatic heterocycles. The number of nitrogens with zero attached hydrogens (tertiary/aromatic N) is 1. The second kappa shape index (κ2) is 7.03. The number of carbonyl (C=O) groups is 2. The molecule has 0 saturated carbocycles. The van der Waals surface area contributed by atoms with Crippen molar-refractivity contribution in [3.8, 4) is 0 Å². The lowest BCUT2D eigenvalue weighted by atomic mass is 10.0. The van der Waals surface area contributed by atoms with E-state index < -0.39 is 34.0 Å². The summed E-state index contributed by atoms with van der Waals surface area (Å²) in [6.45, 7) is 2.13. The quantitative estimate of drug-likeness (QED) is 0.728. The van der Waals surface area contributed by atoms with Gasteiger partial charge in [0.15, 0.2) is 0 Å². The Hall–Kier alpha value is -1.15. The van der Waals surface area contributed by atoms with Gasteiger partial charge in [0, 0.05) is 6.54 Å². The number of sulfonamides is 1. The summed E-state index contributed by atoms with van der Waals surface area (Å²) >= 11 is 0. The number of amides is 1. The number of rotatable bonds is 6. The molecule has 0 unspecified atom stereocenters. The van der Waals surface area contributed by atoms with Crippen molar-refractivity contribution in [3.05, 3.63) is 0 Å². The summed E-state index contributed by atoms with van der Waals surface area (Å²) in [5.74, 6) is -1.61. The fourth-order valence-corrected chi connectivity index (χ4v) is 3.50. The molecule has 2 N–H and O–H groups in total. The zero-order valence-corrected chi connectivity index (χ0v) is 12.6. The predicted octanol–water partition coefficient (Wildman–Crippen LogP) is 0.170. The van der Waals surface area contributed by atoms with Crippen molar-refractivity contribution < 1.29 is 23.1 Å². The van der Waals surface area contributed by atoms with Gasteiger partial charge in [-0.05, 0) is 19.3 Å². The lowest BCUT2D eigenvalue weighted by Crippen LogP contribution is -2.54. The van der Waals surface area contributed by atoms with Gasteiger partial charge < -0.3 is 10.4 Å². The van der Waals surface area contributed by atoms with Crippen LogP contribution >= 0.6 is 0 Å². The van der Waals surface area contributed by atoms with Crippen LogP contribution in [0.25, 0.3) is 0 Å². The normalized spacial score (nSPS) is 22.2. The van der Waals surface area contributed by atoms with Crippen LogP contribution in [0.2, 0.25) is 0 Å². The van der Waals surface area contributed by atoms with Crippen LogP contribution in [0, 0.1) is 0 Å². The van der Waals surface area contributed by atoms with Crippen LogP contribution < -0.4 is 5.32 Å². The predicted molar refractivity (Wildman–Crippen MR) is 73.7 cm³/mol. The minimum Gasteiger partial charge on any atom is -0.480 e. The molecule has 1 aliphatic rings. The third-order valence-corrected chi connectivity index (χ3v) is 4.66. The molecule has 0 radical (unpaired) electrons. The Morgan fingerprint density at radius 3 is 2.55 bits per heavy atom. The van der Waals surface area contributed by atoms with Gasteiger partial charge in [0.05, 0.1) is 6.26 Å². The Kier molecular flexibility index (Phi) is 5.94. The Labute approximate surface area is 119 Å². The Balaban J connectivity index is 2.80. The van der Waals surface area contributed by atoms with Gasteiger partial charge in [-0.3, -0.25) is 4.79 Å². The fourth-order valence-electron chi connectivity index (χ4n) is 2.38. The van der Waals surface area contributed by atoms with Gasteiger partial charge in [-0.25, -0.2) is 13.2 Å². The summed E-state index contributed by atoms with van der Waals surface area (Å²) in [5, 5.41) is 11.5. The number of hydrogen-bond acceptors (Lipinski definition) is 4. The highest BCUT2D eigenvalue weighted by molar-refractivity contribution is 7.88. The van der Waals surface area contributed by atoms with E-state index in [4.69, 9.17) is 5.11 Å². The average molecular weight is 306 g/mol. The van der Waals surface area contributed by atoms with Gasteiger partial charge in [-0.1, -0.05) is 19.8 Å². The van der Waals surface area contributed by atoms with Crippen molar-refractivity contribution in [2.24, 2.45) is 0 Å². The molecule has 0 aromatic rings. The van der Waals surface area contributed by atoms with E-state index in [1.165, 1.54) is 0 Å². The first-order valence-corrected chi connectivity index (χ1v) is 8.62. The number of hydrogen-bond donors (Lipinski definition) is 2. The van der Waals surface area contributed by atoms with Gasteiger partial charge in [0.25, 0.3) is 0 Å². The topological polar surface area (TPSA) is 104 Å². The number of carboxylic acids is 1. The second-order valence-electron chi connectivity index (χ2n) is 5.07. The SMILES string of the molecule is CCC[C@@H](NC(=O)[C@@H]1CCCCN1S(C)(=O)=O)C(=O)O. The molecule has 1 fully saturated rings. The van der Waals surface area contributed by atoms with Crippen molar-refractivity contribution in [2.45, 2.75) is 51.1 Å². The number of carboxylic acid groups (broad SMARTS) is 1. The molecule has 20 heavy (non-hydrogen) atoms. The lowest BCUT2D eigenvalue weighted by molar-refractivity contribution is -0.142. The van der Waals surface area contributed by atoms with E-state index in [2.05, 4.69) is 5.32 Å². The third kappa shape index (κ3) is 4.45. The first-order chi connectivity index (χ1) is 9.27. The third-order valence-electron chi connectivity index (χ3n) is 3.37. The molecule has 0 spiro atoms. The van der Waals surface area contributed by atoms with Crippen molar-refractivity contribution >= 4 is 21.9 Å². The highest BCUT2D eigenvalue weighted by Gasteiger charge is 2.35. The molecule has 0 aromatic carbocycles. The van der Waals surface area contributed by atoms with Gasteiger partial charge >= 0.3 is 5.97 Å². The lowest BCUT2D eigenvalue weighted by Gasteiger charge is -2.33. The minimum absolute atomic E-state index is 0.308. The molecule has 1 aliphatic heterocycles. The summed E-state index contributed by atoms with van der Waals surface area (Å²) in [4.78, 5) is 23.2. The number of carbonyl (C=O) groups excluding carboxylic acids is 1. The zero-order valence-electron chi connectivity index (χ0n) is 11.8. The molecule has 0 bridgehead atoms. The molecular formula is C12H22N2O5S. The Morgan fingerprint density at radius 2 is 2.05 bits per heavy atom. The summed E-state index contributed by atoms with van der Waals surface area (Å²) in [6, 6.07) is -1.76. The van der Waals surface area contributed by atoms with Crippen molar-refractivity contribution in [1.82, 2.24) is 9.62 Å². The first-order valence-electron chi connectivity index (χ1n) is 6.77. The molecule has 7 nitrogen and oxygen atoms in total. The maximum Gasteiger partial charge on any atom is 0.326 e. The monoisotopic (exact) mass is 306 g/mol. The van der Waals surface area contributed by atoms with Crippen molar-refractivity contribution in [3.63, 3.8) is 0 Å². The summed E-state index contributed by atoms with van der Waals surface area (Å²) in [7, 11) is -3.46. The van der Waals surface area contributed by atoms with E-state index in [1.54, 1.807) is 0 Å². The van der Waals surface area contributed by atoms with Crippen LogP contribution in [0.15, 0.2) is 0 Å². The first kappa shape index (κ1) is 16.9. The zero-order chi connectivity index (χ0) is 15.3. The molecule has 1 rings (SSSR count). The van der Waals surface area contributed by atoms with Gasteiger partial charge in [-0.2, -0.15) is 4.31 Å². The van der Waals surface area contributed by atoms with Gasteiger partial charge in [0.2, 0.25) is 15.9 Å².